The third-order valence-electron chi connectivity index (χ3n) is 6.38. The molecule has 0 spiro atoms. The van der Waals surface area contributed by atoms with Gasteiger partial charge in [0.1, 0.15) is 5.82 Å². The van der Waals surface area contributed by atoms with Crippen LogP contribution in [-0.2, 0) is 16.0 Å². The van der Waals surface area contributed by atoms with Crippen LogP contribution < -0.4 is 10.2 Å². The average molecular weight is 497 g/mol. The molecule has 2 aromatic carbocycles. The van der Waals surface area contributed by atoms with Crippen LogP contribution >= 0.6 is 0 Å². The Morgan fingerprint density at radius 3 is 2.64 bits per heavy atom. The molecule has 11 heteroatoms. The monoisotopic (exact) mass is 497 g/mol. The second kappa shape index (κ2) is 8.30. The van der Waals surface area contributed by atoms with E-state index in [1.54, 1.807) is 28.8 Å². The maximum absolute atomic E-state index is 13.7. The molecule has 1 atom stereocenters. The fourth-order valence-electron chi connectivity index (χ4n) is 4.69. The molecular weight excluding hydrogens is 478 g/mol. The summed E-state index contributed by atoms with van der Waals surface area (Å²) in [5, 5.41) is 2.80. The molecule has 2 aliphatic rings. The SMILES string of the molecule is O=C1Cc2cc(-c3c(-c4ccc(F)cc4)nc4c(N5CCOC(C(F)(F)F)C5)nccn34)ccc2N1. The number of alkyl halides is 3. The lowest BCUT2D eigenvalue weighted by molar-refractivity contribution is -0.221. The van der Waals surface area contributed by atoms with Crippen molar-refractivity contribution >= 4 is 23.1 Å². The Morgan fingerprint density at radius 2 is 1.86 bits per heavy atom. The predicted molar refractivity (Wildman–Crippen MR) is 124 cm³/mol. The number of nitrogens with zero attached hydrogens (tertiary/aromatic N) is 4. The third kappa shape index (κ3) is 3.85. The summed E-state index contributed by atoms with van der Waals surface area (Å²) >= 11 is 0. The van der Waals surface area contributed by atoms with E-state index in [0.29, 0.717) is 28.4 Å². The van der Waals surface area contributed by atoms with Crippen LogP contribution in [0.5, 0.6) is 0 Å². The Morgan fingerprint density at radius 1 is 1.08 bits per heavy atom. The number of imidazole rings is 1. The largest absolute Gasteiger partial charge is 0.416 e. The van der Waals surface area contributed by atoms with Crippen molar-refractivity contribution in [2.24, 2.45) is 0 Å². The number of carbonyl (C=O) groups excluding carboxylic acids is 1. The zero-order valence-corrected chi connectivity index (χ0v) is 18.7. The van der Waals surface area contributed by atoms with Gasteiger partial charge in [-0.05, 0) is 42.0 Å². The molecule has 36 heavy (non-hydrogen) atoms. The number of carbonyl (C=O) groups is 1. The van der Waals surface area contributed by atoms with Crippen molar-refractivity contribution in [2.75, 3.05) is 29.9 Å². The summed E-state index contributed by atoms with van der Waals surface area (Å²) in [5.41, 5.74) is 4.48. The zero-order valence-electron chi connectivity index (χ0n) is 18.7. The Bertz CT molecular complexity index is 1480. The van der Waals surface area contributed by atoms with Gasteiger partial charge in [0.25, 0.3) is 0 Å². The summed E-state index contributed by atoms with van der Waals surface area (Å²) in [6.07, 6.45) is -2.99. The molecule has 1 N–H and O–H groups in total. The highest BCUT2D eigenvalue weighted by Gasteiger charge is 2.44. The standard InChI is InChI=1S/C25H19F4N5O2/c26-17-4-1-14(2-5-17)21-22(15-3-6-18-16(11-15)12-20(35)31-18)34-8-7-30-23(24(34)32-21)33-9-10-36-19(13-33)25(27,28)29/h1-8,11,19H,9-10,12-13H2,(H,31,35). The number of hydrogen-bond donors (Lipinski definition) is 1. The van der Waals surface area contributed by atoms with E-state index < -0.39 is 24.6 Å². The van der Waals surface area contributed by atoms with Gasteiger partial charge in [-0.1, -0.05) is 6.07 Å². The van der Waals surface area contributed by atoms with Crippen LogP contribution in [-0.4, -0.2) is 52.3 Å². The first-order valence-corrected chi connectivity index (χ1v) is 11.3. The highest BCUT2D eigenvalue weighted by molar-refractivity contribution is 6.00. The second-order valence-electron chi connectivity index (χ2n) is 8.70. The Kier molecular flexibility index (Phi) is 5.18. The molecule has 0 saturated carbocycles. The number of morpholine rings is 1. The first kappa shape index (κ1) is 22.5. The van der Waals surface area contributed by atoms with Crippen LogP contribution in [0.3, 0.4) is 0 Å². The summed E-state index contributed by atoms with van der Waals surface area (Å²) in [7, 11) is 0. The smallest absolute Gasteiger partial charge is 0.365 e. The molecule has 6 rings (SSSR count). The number of ether oxygens (including phenoxy) is 1. The van der Waals surface area contributed by atoms with Gasteiger partial charge in [0, 0.05) is 35.8 Å². The number of amides is 1. The first-order valence-electron chi connectivity index (χ1n) is 11.3. The van der Waals surface area contributed by atoms with Crippen LogP contribution in [0.25, 0.3) is 28.2 Å². The van der Waals surface area contributed by atoms with Gasteiger partial charge in [-0.2, -0.15) is 13.2 Å². The van der Waals surface area contributed by atoms with E-state index >= 15 is 0 Å². The van der Waals surface area contributed by atoms with Crippen molar-refractivity contribution < 1.29 is 27.1 Å². The number of halogens is 4. The Hall–Kier alpha value is -3.99. The number of hydrogen-bond acceptors (Lipinski definition) is 5. The van der Waals surface area contributed by atoms with E-state index in [4.69, 9.17) is 9.72 Å². The number of benzene rings is 2. The highest BCUT2D eigenvalue weighted by Crippen LogP contribution is 2.38. The molecule has 2 aromatic heterocycles. The summed E-state index contributed by atoms with van der Waals surface area (Å²) < 4.78 is 60.5. The predicted octanol–water partition coefficient (Wildman–Crippen LogP) is 4.46. The molecule has 0 radical (unpaired) electrons. The topological polar surface area (TPSA) is 71.8 Å². The van der Waals surface area contributed by atoms with Crippen molar-refractivity contribution in [1.82, 2.24) is 14.4 Å². The minimum absolute atomic E-state index is 0.0999. The maximum Gasteiger partial charge on any atom is 0.416 e. The van der Waals surface area contributed by atoms with Crippen LogP contribution in [0.4, 0.5) is 29.1 Å². The Balaban J connectivity index is 1.53. The summed E-state index contributed by atoms with van der Waals surface area (Å²) in [6, 6.07) is 11.4. The van der Waals surface area contributed by atoms with Gasteiger partial charge in [0.15, 0.2) is 17.6 Å². The van der Waals surface area contributed by atoms with E-state index in [1.807, 2.05) is 12.1 Å². The third-order valence-corrected chi connectivity index (χ3v) is 6.38. The van der Waals surface area contributed by atoms with Gasteiger partial charge in [-0.15, -0.1) is 0 Å². The first-order chi connectivity index (χ1) is 17.3. The zero-order chi connectivity index (χ0) is 25.0. The fourth-order valence-corrected chi connectivity index (χ4v) is 4.69. The lowest BCUT2D eigenvalue weighted by Gasteiger charge is -2.34. The molecule has 1 saturated heterocycles. The lowest BCUT2D eigenvalue weighted by Crippen LogP contribution is -2.49. The molecule has 0 bridgehead atoms. The van der Waals surface area contributed by atoms with Gasteiger partial charge in [0.05, 0.1) is 31.0 Å². The van der Waals surface area contributed by atoms with Crippen LogP contribution in [0.2, 0.25) is 0 Å². The van der Waals surface area contributed by atoms with Crippen molar-refractivity contribution in [2.45, 2.75) is 18.7 Å². The van der Waals surface area contributed by atoms with Gasteiger partial charge in [-0.25, -0.2) is 14.4 Å². The van der Waals surface area contributed by atoms with Crippen molar-refractivity contribution in [3.63, 3.8) is 0 Å². The number of rotatable bonds is 3. The minimum Gasteiger partial charge on any atom is -0.365 e. The summed E-state index contributed by atoms with van der Waals surface area (Å²) in [4.78, 5) is 22.6. The highest BCUT2D eigenvalue weighted by atomic mass is 19.4. The molecule has 4 heterocycles. The van der Waals surface area contributed by atoms with Crippen molar-refractivity contribution in [3.05, 3.63) is 66.2 Å². The minimum atomic E-state index is -4.50. The van der Waals surface area contributed by atoms with Crippen molar-refractivity contribution in [1.29, 1.82) is 0 Å². The van der Waals surface area contributed by atoms with E-state index in [1.165, 1.54) is 23.2 Å². The van der Waals surface area contributed by atoms with Crippen LogP contribution in [0, 0.1) is 5.82 Å². The molecule has 0 aliphatic carbocycles. The number of anilines is 2. The van der Waals surface area contributed by atoms with E-state index in [2.05, 4.69) is 10.3 Å². The van der Waals surface area contributed by atoms with Gasteiger partial charge >= 0.3 is 6.18 Å². The normalized spacial score (nSPS) is 17.9. The number of fused-ring (bicyclic) bond motifs is 2. The number of aromatic nitrogens is 3. The van der Waals surface area contributed by atoms with E-state index in [-0.39, 0.29) is 25.5 Å². The van der Waals surface area contributed by atoms with Crippen LogP contribution in [0.1, 0.15) is 5.56 Å². The molecule has 1 unspecified atom stereocenters. The average Bonchev–Trinajstić information content (AvgIpc) is 3.43. The van der Waals surface area contributed by atoms with Crippen LogP contribution in [0.15, 0.2) is 54.9 Å². The van der Waals surface area contributed by atoms with Gasteiger partial charge < -0.3 is 15.0 Å². The molecular formula is C25H19F4N5O2. The molecule has 184 valence electrons. The quantitative estimate of drug-likeness (QED) is 0.423. The molecule has 7 nitrogen and oxygen atoms in total. The fraction of sp³-hybridized carbons (Fsp3) is 0.240. The Labute approximate surface area is 202 Å². The second-order valence-corrected chi connectivity index (χ2v) is 8.70. The van der Waals surface area contributed by atoms with E-state index in [9.17, 15) is 22.4 Å². The molecule has 2 aliphatic heterocycles. The summed E-state index contributed by atoms with van der Waals surface area (Å²) in [6.45, 7) is -0.284. The molecule has 1 amide bonds. The number of nitrogens with one attached hydrogen (secondary N) is 1. The maximum atomic E-state index is 13.7. The molecule has 1 fully saturated rings. The summed E-state index contributed by atoms with van der Waals surface area (Å²) in [5.74, 6) is -0.209. The van der Waals surface area contributed by atoms with Gasteiger partial charge in [0.2, 0.25) is 5.91 Å². The van der Waals surface area contributed by atoms with Crippen molar-refractivity contribution in [3.8, 4) is 22.5 Å². The molecule has 4 aromatic rings. The lowest BCUT2D eigenvalue weighted by atomic mass is 10.0. The van der Waals surface area contributed by atoms with E-state index in [0.717, 1.165) is 16.8 Å². The van der Waals surface area contributed by atoms with Gasteiger partial charge in [-0.3, -0.25) is 9.20 Å².